The van der Waals surface area contributed by atoms with E-state index in [9.17, 15) is 22.8 Å². The average molecular weight is 545 g/mol. The molecule has 1 atom stereocenters. The SMILES string of the molecule is C[C@@H](Nc1ncnc2c1cc(C1=CCN(C(=O)OC(C)(C)C)CC1)c(=O)n2C)c1cc(N)cc(C(F)(F)F)c1. The van der Waals surface area contributed by atoms with Gasteiger partial charge >= 0.3 is 12.3 Å². The Hall–Kier alpha value is -4.09. The van der Waals surface area contributed by atoms with Crippen molar-refractivity contribution in [3.63, 3.8) is 0 Å². The molecule has 39 heavy (non-hydrogen) atoms. The molecular formula is C27H31F3N6O3. The summed E-state index contributed by atoms with van der Waals surface area (Å²) in [5.74, 6) is 0.354. The molecule has 0 radical (unpaired) electrons. The van der Waals surface area contributed by atoms with Crippen molar-refractivity contribution in [2.24, 2.45) is 7.05 Å². The van der Waals surface area contributed by atoms with Gasteiger partial charge in [-0.05, 0) is 69.5 Å². The van der Waals surface area contributed by atoms with Crippen LogP contribution in [0.5, 0.6) is 0 Å². The Bertz CT molecular complexity index is 1510. The first-order valence-electron chi connectivity index (χ1n) is 12.4. The van der Waals surface area contributed by atoms with Crippen LogP contribution in [0.4, 0.5) is 29.5 Å². The van der Waals surface area contributed by atoms with Crippen LogP contribution in [0.3, 0.4) is 0 Å². The molecule has 0 saturated carbocycles. The summed E-state index contributed by atoms with van der Waals surface area (Å²) in [5, 5.41) is 3.67. The van der Waals surface area contributed by atoms with Gasteiger partial charge in [-0.2, -0.15) is 13.2 Å². The van der Waals surface area contributed by atoms with Crippen LogP contribution in [-0.4, -0.2) is 44.2 Å². The fourth-order valence-electron chi connectivity index (χ4n) is 4.40. The number of nitrogens with one attached hydrogen (secondary N) is 1. The van der Waals surface area contributed by atoms with E-state index in [1.807, 2.05) is 6.08 Å². The predicted molar refractivity (Wildman–Crippen MR) is 143 cm³/mol. The minimum Gasteiger partial charge on any atom is -0.444 e. The molecule has 3 heterocycles. The quantitative estimate of drug-likeness (QED) is 0.438. The lowest BCUT2D eigenvalue weighted by Gasteiger charge is -2.29. The largest absolute Gasteiger partial charge is 0.444 e. The third-order valence-electron chi connectivity index (χ3n) is 6.37. The summed E-state index contributed by atoms with van der Waals surface area (Å²) in [7, 11) is 1.60. The number of hydrogen-bond acceptors (Lipinski definition) is 7. The standard InChI is InChI=1S/C27H31F3N6O3/c1-15(17-10-18(27(28,29)30)12-19(31)11-17)34-22-21-13-20(24(37)35(5)23(21)33-14-32-22)16-6-8-36(9-7-16)25(38)39-26(2,3)4/h6,10-15H,7-9,31H2,1-5H3,(H,32,33,34)/t15-/m1/s1. The summed E-state index contributed by atoms with van der Waals surface area (Å²) < 4.78 is 46.8. The number of fused-ring (bicyclic) bond motifs is 1. The summed E-state index contributed by atoms with van der Waals surface area (Å²) in [4.78, 5) is 35.8. The lowest BCUT2D eigenvalue weighted by Crippen LogP contribution is -2.39. The zero-order valence-electron chi connectivity index (χ0n) is 22.4. The van der Waals surface area contributed by atoms with Crippen LogP contribution in [0, 0.1) is 0 Å². The highest BCUT2D eigenvalue weighted by Crippen LogP contribution is 2.34. The van der Waals surface area contributed by atoms with Crippen LogP contribution >= 0.6 is 0 Å². The second kappa shape index (κ2) is 10.2. The zero-order chi connectivity index (χ0) is 28.7. The molecule has 0 bridgehead atoms. The number of benzene rings is 1. The van der Waals surface area contributed by atoms with Crippen molar-refractivity contribution in [3.05, 3.63) is 63.7 Å². The Morgan fingerprint density at radius 1 is 1.15 bits per heavy atom. The number of aromatic nitrogens is 3. The van der Waals surface area contributed by atoms with Gasteiger partial charge in [0.2, 0.25) is 0 Å². The molecule has 0 saturated heterocycles. The van der Waals surface area contributed by atoms with E-state index in [0.717, 1.165) is 17.7 Å². The third kappa shape index (κ3) is 6.15. The van der Waals surface area contributed by atoms with E-state index in [-0.39, 0.29) is 17.8 Å². The van der Waals surface area contributed by atoms with Crippen LogP contribution < -0.4 is 16.6 Å². The lowest BCUT2D eigenvalue weighted by atomic mass is 9.99. The zero-order valence-corrected chi connectivity index (χ0v) is 22.4. The van der Waals surface area contributed by atoms with Crippen molar-refractivity contribution in [1.29, 1.82) is 0 Å². The molecule has 0 spiro atoms. The second-order valence-corrected chi connectivity index (χ2v) is 10.5. The van der Waals surface area contributed by atoms with Crippen molar-refractivity contribution in [2.45, 2.75) is 51.9 Å². The number of ether oxygens (including phenoxy) is 1. The number of amides is 1. The number of halogens is 3. The Labute approximate surface area is 223 Å². The summed E-state index contributed by atoms with van der Waals surface area (Å²) in [5.41, 5.74) is 5.92. The minimum atomic E-state index is -4.54. The molecule has 9 nitrogen and oxygen atoms in total. The lowest BCUT2D eigenvalue weighted by molar-refractivity contribution is -0.137. The average Bonchev–Trinajstić information content (AvgIpc) is 2.84. The molecule has 208 valence electrons. The minimum absolute atomic E-state index is 0.00429. The maximum atomic E-state index is 13.3. The maximum absolute atomic E-state index is 13.3. The van der Waals surface area contributed by atoms with Crippen molar-refractivity contribution in [3.8, 4) is 0 Å². The smallest absolute Gasteiger partial charge is 0.416 e. The van der Waals surface area contributed by atoms with Crippen LogP contribution in [0.25, 0.3) is 16.6 Å². The van der Waals surface area contributed by atoms with Gasteiger partial charge in [0, 0.05) is 31.4 Å². The molecule has 0 aliphatic carbocycles. The number of pyridine rings is 1. The molecule has 3 aromatic rings. The Kier molecular flexibility index (Phi) is 7.33. The van der Waals surface area contributed by atoms with Gasteiger partial charge in [-0.1, -0.05) is 6.08 Å². The number of carbonyl (C=O) groups excluding carboxylic acids is 1. The summed E-state index contributed by atoms with van der Waals surface area (Å²) in [6.45, 7) is 7.76. The van der Waals surface area contributed by atoms with Crippen LogP contribution in [0.15, 0.2) is 41.5 Å². The summed E-state index contributed by atoms with van der Waals surface area (Å²) in [6.07, 6.45) is -1.41. The molecule has 1 aliphatic rings. The van der Waals surface area contributed by atoms with Gasteiger partial charge in [0.05, 0.1) is 17.0 Å². The molecule has 0 unspecified atom stereocenters. The fraction of sp³-hybridized carbons (Fsp3) is 0.407. The van der Waals surface area contributed by atoms with Gasteiger partial charge in [0.15, 0.2) is 0 Å². The molecule has 1 aliphatic heterocycles. The molecule has 4 rings (SSSR count). The van der Waals surface area contributed by atoms with E-state index < -0.39 is 29.5 Å². The maximum Gasteiger partial charge on any atom is 0.416 e. The van der Waals surface area contributed by atoms with Gasteiger partial charge in [0.25, 0.3) is 5.56 Å². The van der Waals surface area contributed by atoms with Crippen LogP contribution in [0.1, 0.15) is 56.8 Å². The molecule has 12 heteroatoms. The number of nitrogens with two attached hydrogens (primary N) is 1. The van der Waals surface area contributed by atoms with E-state index in [1.54, 1.807) is 45.7 Å². The number of hydrogen-bond donors (Lipinski definition) is 2. The van der Waals surface area contributed by atoms with E-state index in [0.29, 0.717) is 40.9 Å². The van der Waals surface area contributed by atoms with Crippen molar-refractivity contribution in [1.82, 2.24) is 19.4 Å². The first-order chi connectivity index (χ1) is 18.1. The third-order valence-corrected chi connectivity index (χ3v) is 6.37. The van der Waals surface area contributed by atoms with Gasteiger partial charge in [-0.3, -0.25) is 9.36 Å². The number of rotatable bonds is 4. The van der Waals surface area contributed by atoms with Crippen LogP contribution in [-0.2, 0) is 18.0 Å². The number of aryl methyl sites for hydroxylation is 1. The molecule has 2 aromatic heterocycles. The fourth-order valence-corrected chi connectivity index (χ4v) is 4.40. The second-order valence-electron chi connectivity index (χ2n) is 10.5. The van der Waals surface area contributed by atoms with Crippen molar-refractivity contribution >= 4 is 34.2 Å². The Morgan fingerprint density at radius 2 is 1.87 bits per heavy atom. The molecular weight excluding hydrogens is 513 g/mol. The first kappa shape index (κ1) is 27.9. The highest BCUT2D eigenvalue weighted by Gasteiger charge is 2.31. The Balaban J connectivity index is 1.67. The topological polar surface area (TPSA) is 115 Å². The van der Waals surface area contributed by atoms with Crippen LogP contribution in [0.2, 0.25) is 0 Å². The van der Waals surface area contributed by atoms with Crippen molar-refractivity contribution in [2.75, 3.05) is 24.1 Å². The highest BCUT2D eigenvalue weighted by atomic mass is 19.4. The predicted octanol–water partition coefficient (Wildman–Crippen LogP) is 5.13. The van der Waals surface area contributed by atoms with Gasteiger partial charge in [0.1, 0.15) is 23.4 Å². The summed E-state index contributed by atoms with van der Waals surface area (Å²) in [6, 6.07) is 4.50. The summed E-state index contributed by atoms with van der Waals surface area (Å²) >= 11 is 0. The number of carbonyl (C=O) groups is 1. The molecule has 0 fully saturated rings. The van der Waals surface area contributed by atoms with Crippen molar-refractivity contribution < 1.29 is 22.7 Å². The van der Waals surface area contributed by atoms with Gasteiger partial charge < -0.3 is 20.7 Å². The van der Waals surface area contributed by atoms with E-state index >= 15 is 0 Å². The number of nitrogen functional groups attached to an aromatic ring is 1. The highest BCUT2D eigenvalue weighted by molar-refractivity contribution is 5.89. The number of alkyl halides is 3. The number of anilines is 2. The van der Waals surface area contributed by atoms with Gasteiger partial charge in [-0.25, -0.2) is 14.8 Å². The van der Waals surface area contributed by atoms with Gasteiger partial charge in [-0.15, -0.1) is 0 Å². The Morgan fingerprint density at radius 3 is 2.49 bits per heavy atom. The normalized spacial score (nSPS) is 15.2. The van der Waals surface area contributed by atoms with E-state index in [4.69, 9.17) is 10.5 Å². The molecule has 1 amide bonds. The van der Waals surface area contributed by atoms with E-state index in [1.165, 1.54) is 17.0 Å². The molecule has 3 N–H and O–H groups in total. The number of nitrogens with zero attached hydrogens (tertiary/aromatic N) is 4. The molecule has 1 aromatic carbocycles. The monoisotopic (exact) mass is 544 g/mol. The first-order valence-corrected chi connectivity index (χ1v) is 12.4. The van der Waals surface area contributed by atoms with E-state index in [2.05, 4.69) is 15.3 Å².